The zero-order valence-electron chi connectivity index (χ0n) is 19.8. The Morgan fingerprint density at radius 3 is 2.76 bits per heavy atom. The van der Waals surface area contributed by atoms with Crippen LogP contribution in [0.15, 0.2) is 42.0 Å². The van der Waals surface area contributed by atoms with Crippen molar-refractivity contribution < 1.29 is 19.8 Å². The second-order valence-electron chi connectivity index (χ2n) is 11.3. The van der Waals surface area contributed by atoms with Crippen molar-refractivity contribution in [1.29, 1.82) is 0 Å². The number of rotatable bonds is 3. The molecule has 0 aromatic heterocycles. The van der Waals surface area contributed by atoms with Crippen molar-refractivity contribution in [2.75, 3.05) is 7.05 Å². The smallest absolute Gasteiger partial charge is 0.307 e. The van der Waals surface area contributed by atoms with E-state index in [0.29, 0.717) is 17.8 Å². The van der Waals surface area contributed by atoms with Gasteiger partial charge in [0.1, 0.15) is 0 Å². The minimum atomic E-state index is -0.835. The Bertz CT molecular complexity index is 1040. The molecule has 2 N–H and O–H groups in total. The Morgan fingerprint density at radius 2 is 2.00 bits per heavy atom. The largest absolute Gasteiger partial charge is 0.481 e. The van der Waals surface area contributed by atoms with Crippen LogP contribution in [0.3, 0.4) is 0 Å². The van der Waals surface area contributed by atoms with E-state index in [9.17, 15) is 14.7 Å². The molecule has 1 aromatic carbocycles. The van der Waals surface area contributed by atoms with Gasteiger partial charge in [0.15, 0.2) is 0 Å². The zero-order valence-corrected chi connectivity index (χ0v) is 19.8. The molecule has 3 fully saturated rings. The fourth-order valence-corrected chi connectivity index (χ4v) is 7.92. The maximum Gasteiger partial charge on any atom is 0.307 e. The summed E-state index contributed by atoms with van der Waals surface area (Å²) in [6, 6.07) is 7.91. The number of aliphatic hydroxyl groups is 1. The molecular weight excluding hydrogens is 414 g/mol. The number of hydrogen-bond donors (Lipinski definition) is 2. The molecule has 1 aliphatic heterocycles. The highest BCUT2D eigenvalue weighted by Crippen LogP contribution is 2.65. The van der Waals surface area contributed by atoms with Crippen molar-refractivity contribution in [3.63, 3.8) is 0 Å². The van der Waals surface area contributed by atoms with Crippen LogP contribution < -0.4 is 0 Å². The Balaban J connectivity index is 1.44. The highest BCUT2D eigenvalue weighted by Gasteiger charge is 2.61. The summed E-state index contributed by atoms with van der Waals surface area (Å²) in [6.07, 6.45) is 10.7. The lowest BCUT2D eigenvalue weighted by Crippen LogP contribution is -2.59. The molecular formula is C28H35NO4. The molecule has 0 spiro atoms. The normalized spacial score (nSPS) is 41.0. The summed E-state index contributed by atoms with van der Waals surface area (Å²) in [5.74, 6) is 0.761. The van der Waals surface area contributed by atoms with Crippen LogP contribution in [0, 0.1) is 28.6 Å². The molecule has 4 aliphatic rings. The molecule has 5 rings (SSSR count). The summed E-state index contributed by atoms with van der Waals surface area (Å²) in [4.78, 5) is 25.3. The number of fused-ring (bicyclic) bond motifs is 5. The quantitative estimate of drug-likeness (QED) is 0.721. The van der Waals surface area contributed by atoms with Crippen molar-refractivity contribution in [2.45, 2.75) is 64.5 Å². The van der Waals surface area contributed by atoms with Gasteiger partial charge in [-0.15, -0.1) is 0 Å². The summed E-state index contributed by atoms with van der Waals surface area (Å²) in [5, 5.41) is 20.6. The van der Waals surface area contributed by atoms with Crippen LogP contribution in [0.4, 0.5) is 0 Å². The minimum absolute atomic E-state index is 0.00447. The van der Waals surface area contributed by atoms with Crippen molar-refractivity contribution in [2.24, 2.45) is 28.6 Å². The average molecular weight is 450 g/mol. The van der Waals surface area contributed by atoms with E-state index in [1.807, 2.05) is 36.2 Å². The predicted octanol–water partition coefficient (Wildman–Crippen LogP) is 4.31. The fraction of sp³-hybridized carbons (Fsp3) is 0.571. The number of amides is 1. The first kappa shape index (κ1) is 22.4. The summed E-state index contributed by atoms with van der Waals surface area (Å²) >= 11 is 0. The first-order chi connectivity index (χ1) is 15.6. The van der Waals surface area contributed by atoms with Crippen LogP contribution in [0.2, 0.25) is 0 Å². The number of carboxylic acids is 1. The van der Waals surface area contributed by atoms with E-state index in [1.165, 1.54) is 0 Å². The van der Waals surface area contributed by atoms with Crippen molar-refractivity contribution in [1.82, 2.24) is 4.90 Å². The number of carbonyl (C=O) groups excluding carboxylic acids is 1. The van der Waals surface area contributed by atoms with Gasteiger partial charge in [-0.25, -0.2) is 0 Å². The summed E-state index contributed by atoms with van der Waals surface area (Å²) in [6.45, 7) is 4.60. The molecule has 176 valence electrons. The number of carbonyl (C=O) groups is 2. The Morgan fingerprint density at radius 1 is 1.21 bits per heavy atom. The van der Waals surface area contributed by atoms with Crippen molar-refractivity contribution in [3.8, 4) is 0 Å². The third-order valence-corrected chi connectivity index (χ3v) is 9.66. The topological polar surface area (TPSA) is 77.8 Å². The molecule has 0 bridgehead atoms. The maximum atomic E-state index is 12.3. The summed E-state index contributed by atoms with van der Waals surface area (Å²) in [5.41, 5.74) is 2.69. The lowest BCUT2D eigenvalue weighted by molar-refractivity contribution is -0.140. The number of hydrogen-bond acceptors (Lipinski definition) is 3. The molecule has 0 radical (unpaired) electrons. The van der Waals surface area contributed by atoms with Gasteiger partial charge in [-0.05, 0) is 72.6 Å². The van der Waals surface area contributed by atoms with Gasteiger partial charge in [0.2, 0.25) is 5.91 Å². The first-order valence-corrected chi connectivity index (χ1v) is 12.3. The number of likely N-dealkylation sites (N-methyl/N-ethyl adjacent to an activating group) is 1. The minimum Gasteiger partial charge on any atom is -0.481 e. The van der Waals surface area contributed by atoms with E-state index in [4.69, 9.17) is 5.11 Å². The van der Waals surface area contributed by atoms with E-state index in [-0.39, 0.29) is 29.2 Å². The lowest BCUT2D eigenvalue weighted by Gasteiger charge is -2.59. The fourth-order valence-electron chi connectivity index (χ4n) is 7.92. The highest BCUT2D eigenvalue weighted by molar-refractivity contribution is 5.89. The van der Waals surface area contributed by atoms with Crippen LogP contribution in [0.5, 0.6) is 0 Å². The van der Waals surface area contributed by atoms with Gasteiger partial charge in [-0.1, -0.05) is 50.3 Å². The average Bonchev–Trinajstić information content (AvgIpc) is 3.01. The molecule has 5 heteroatoms. The van der Waals surface area contributed by atoms with Gasteiger partial charge in [0, 0.05) is 23.9 Å². The molecule has 0 unspecified atom stereocenters. The molecule has 0 saturated heterocycles. The Labute approximate surface area is 196 Å². The predicted molar refractivity (Wildman–Crippen MR) is 127 cm³/mol. The van der Waals surface area contributed by atoms with E-state index < -0.39 is 12.1 Å². The van der Waals surface area contributed by atoms with Gasteiger partial charge < -0.3 is 15.1 Å². The number of aliphatic hydroxyl groups excluding tert-OH is 1. The Hall–Kier alpha value is -2.40. The van der Waals surface area contributed by atoms with Crippen LogP contribution >= 0.6 is 0 Å². The van der Waals surface area contributed by atoms with Crippen molar-refractivity contribution in [3.05, 3.63) is 53.1 Å². The van der Waals surface area contributed by atoms with Gasteiger partial charge in [-0.3, -0.25) is 9.59 Å². The first-order valence-electron chi connectivity index (χ1n) is 12.3. The molecule has 5 nitrogen and oxygen atoms in total. The van der Waals surface area contributed by atoms with Crippen LogP contribution in [-0.2, 0) is 16.0 Å². The maximum absolute atomic E-state index is 12.3. The van der Waals surface area contributed by atoms with E-state index >= 15 is 0 Å². The molecule has 3 aliphatic carbocycles. The van der Waals surface area contributed by atoms with Gasteiger partial charge >= 0.3 is 5.97 Å². The monoisotopic (exact) mass is 449 g/mol. The SMILES string of the molecule is CN1C(=O)C=C[C@]2(C)[C@H]3CC[C@]4(C)[C@@H](O)/C(=C/c5cccc(CC(=O)O)c5)C[C@H]4[C@@H]3CC[C@@H]12. The van der Waals surface area contributed by atoms with E-state index in [1.54, 1.807) is 6.08 Å². The molecule has 3 saturated carbocycles. The number of carboxylic acid groups (broad SMARTS) is 1. The Kier molecular flexibility index (Phi) is 5.32. The number of nitrogens with zero attached hydrogens (tertiary/aromatic N) is 1. The van der Waals surface area contributed by atoms with Crippen LogP contribution in [-0.4, -0.2) is 46.2 Å². The number of aliphatic carboxylic acids is 1. The molecule has 1 aromatic rings. The zero-order chi connectivity index (χ0) is 23.5. The van der Waals surface area contributed by atoms with Crippen molar-refractivity contribution >= 4 is 18.0 Å². The van der Waals surface area contributed by atoms with Crippen LogP contribution in [0.25, 0.3) is 6.08 Å². The summed E-state index contributed by atoms with van der Waals surface area (Å²) < 4.78 is 0. The van der Waals surface area contributed by atoms with Crippen LogP contribution in [0.1, 0.15) is 57.1 Å². The van der Waals surface area contributed by atoms with E-state index in [2.05, 4.69) is 26.0 Å². The third kappa shape index (κ3) is 3.47. The van der Waals surface area contributed by atoms with Gasteiger partial charge in [-0.2, -0.15) is 0 Å². The molecule has 7 atom stereocenters. The second kappa shape index (κ2) is 7.83. The van der Waals surface area contributed by atoms with E-state index in [0.717, 1.165) is 48.8 Å². The second-order valence-corrected chi connectivity index (χ2v) is 11.3. The molecule has 1 heterocycles. The standard InChI is InChI=1S/C28H35NO4/c1-27-12-10-24(30)29(3)23(27)8-7-20-21(27)9-11-28(2)22(20)16-19(26(28)33)14-17-5-4-6-18(13-17)15-25(31)32/h4-6,10,12-14,20-23,26,33H,7-9,11,15-16H2,1-3H3,(H,31,32)/b19-14+/t20-,21+,22+,23-,26+,27-,28+/m1/s1. The lowest BCUT2D eigenvalue weighted by atomic mass is 9.48. The molecule has 33 heavy (non-hydrogen) atoms. The summed E-state index contributed by atoms with van der Waals surface area (Å²) in [7, 11) is 1.95. The van der Waals surface area contributed by atoms with Gasteiger partial charge in [0.25, 0.3) is 0 Å². The van der Waals surface area contributed by atoms with Gasteiger partial charge in [0.05, 0.1) is 12.5 Å². The number of benzene rings is 1. The third-order valence-electron chi connectivity index (χ3n) is 9.66. The highest BCUT2D eigenvalue weighted by atomic mass is 16.4. The molecule has 1 amide bonds.